The fourth-order valence-corrected chi connectivity index (χ4v) is 1.54. The van der Waals surface area contributed by atoms with Gasteiger partial charge in [0.2, 0.25) is 0 Å². The van der Waals surface area contributed by atoms with E-state index in [4.69, 9.17) is 5.11 Å². The Balaban J connectivity index is 2.08. The number of carboxylic acid groups (broad SMARTS) is 1. The molecular formula is C8H11N3O2. The lowest BCUT2D eigenvalue weighted by Crippen LogP contribution is -2.05. The Hall–Kier alpha value is -1.36. The molecule has 1 aromatic heterocycles. The monoisotopic (exact) mass is 181 g/mol. The Bertz CT molecular complexity index is 332. The van der Waals surface area contributed by atoms with Crippen LogP contribution in [0.3, 0.4) is 0 Å². The summed E-state index contributed by atoms with van der Waals surface area (Å²) in [5, 5.41) is 18.7. The van der Waals surface area contributed by atoms with E-state index in [1.54, 1.807) is 0 Å². The zero-order valence-corrected chi connectivity index (χ0v) is 7.13. The highest BCUT2D eigenvalue weighted by Crippen LogP contribution is 2.17. The largest absolute Gasteiger partial charge is 0.481 e. The highest BCUT2D eigenvalue weighted by atomic mass is 16.4. The third-order valence-electron chi connectivity index (χ3n) is 2.22. The number of hydrogen-bond acceptors (Lipinski definition) is 3. The number of aryl methyl sites for hydroxylation is 1. The first-order valence-corrected chi connectivity index (χ1v) is 4.25. The molecule has 0 bridgehead atoms. The van der Waals surface area contributed by atoms with E-state index in [9.17, 15) is 4.79 Å². The van der Waals surface area contributed by atoms with Crippen molar-refractivity contribution < 1.29 is 9.90 Å². The van der Waals surface area contributed by atoms with E-state index in [0.29, 0.717) is 6.42 Å². The lowest BCUT2D eigenvalue weighted by atomic mass is 10.1. The summed E-state index contributed by atoms with van der Waals surface area (Å²) in [6, 6.07) is 0. The van der Waals surface area contributed by atoms with E-state index in [2.05, 4.69) is 15.5 Å². The zero-order chi connectivity index (χ0) is 9.26. The van der Waals surface area contributed by atoms with Gasteiger partial charge in [0.05, 0.1) is 17.8 Å². The second-order valence-electron chi connectivity index (χ2n) is 3.12. The number of aliphatic carboxylic acids is 1. The fourth-order valence-electron chi connectivity index (χ4n) is 1.54. The van der Waals surface area contributed by atoms with Crippen molar-refractivity contribution in [3.05, 3.63) is 17.0 Å². The molecule has 70 valence electrons. The van der Waals surface area contributed by atoms with Crippen LogP contribution in [0.5, 0.6) is 0 Å². The van der Waals surface area contributed by atoms with Crippen molar-refractivity contribution in [3.63, 3.8) is 0 Å². The molecule has 0 fully saturated rings. The Morgan fingerprint density at radius 2 is 2.38 bits per heavy atom. The number of fused-ring (bicyclic) bond motifs is 1. The third-order valence-corrected chi connectivity index (χ3v) is 2.22. The summed E-state index contributed by atoms with van der Waals surface area (Å²) in [5.41, 5.74) is 3.14. The Morgan fingerprint density at radius 1 is 1.54 bits per heavy atom. The van der Waals surface area contributed by atoms with Crippen molar-refractivity contribution in [1.29, 1.82) is 0 Å². The number of nitrogens with one attached hydrogen (secondary N) is 2. The summed E-state index contributed by atoms with van der Waals surface area (Å²) in [5.74, 6) is -0.775. The van der Waals surface area contributed by atoms with Crippen LogP contribution in [-0.2, 0) is 24.3 Å². The number of nitrogens with zero attached hydrogens (tertiary/aromatic N) is 1. The van der Waals surface area contributed by atoms with Gasteiger partial charge in [-0.25, -0.2) is 0 Å². The standard InChI is InChI=1S/C8H11N3O2/c12-8(13)2-1-6-5-3-9-4-7(5)11-10-6/h9H,1-4H2,(H,10,11)(H,12,13). The molecule has 1 aliphatic rings. The second kappa shape index (κ2) is 3.18. The van der Waals surface area contributed by atoms with Crippen molar-refractivity contribution in [2.75, 3.05) is 0 Å². The van der Waals surface area contributed by atoms with E-state index in [1.807, 2.05) is 0 Å². The highest BCUT2D eigenvalue weighted by molar-refractivity contribution is 5.67. The minimum Gasteiger partial charge on any atom is -0.481 e. The van der Waals surface area contributed by atoms with E-state index in [0.717, 1.165) is 30.0 Å². The molecular weight excluding hydrogens is 170 g/mol. The van der Waals surface area contributed by atoms with Crippen LogP contribution in [0.15, 0.2) is 0 Å². The van der Waals surface area contributed by atoms with Gasteiger partial charge in [0.15, 0.2) is 0 Å². The molecule has 2 rings (SSSR count). The lowest BCUT2D eigenvalue weighted by molar-refractivity contribution is -0.136. The predicted molar refractivity (Wildman–Crippen MR) is 45.1 cm³/mol. The molecule has 3 N–H and O–H groups in total. The maximum Gasteiger partial charge on any atom is 0.303 e. The summed E-state index contributed by atoms with van der Waals surface area (Å²) in [4.78, 5) is 10.3. The van der Waals surface area contributed by atoms with E-state index in [1.165, 1.54) is 0 Å². The molecule has 1 aromatic rings. The predicted octanol–water partition coefficient (Wildman–Crippen LogP) is 0.0301. The fraction of sp³-hybridized carbons (Fsp3) is 0.500. The second-order valence-corrected chi connectivity index (χ2v) is 3.12. The number of aromatic nitrogens is 2. The number of rotatable bonds is 3. The average Bonchev–Trinajstić information content (AvgIpc) is 2.60. The Labute approximate surface area is 75.2 Å². The maximum atomic E-state index is 10.3. The van der Waals surface area contributed by atoms with Crippen molar-refractivity contribution >= 4 is 5.97 Å². The van der Waals surface area contributed by atoms with Crippen molar-refractivity contribution in [3.8, 4) is 0 Å². The molecule has 0 atom stereocenters. The number of hydrogen-bond donors (Lipinski definition) is 3. The van der Waals surface area contributed by atoms with Crippen LogP contribution >= 0.6 is 0 Å². The molecule has 0 aliphatic carbocycles. The number of H-pyrrole nitrogens is 1. The van der Waals surface area contributed by atoms with E-state index >= 15 is 0 Å². The van der Waals surface area contributed by atoms with Gasteiger partial charge in [-0.2, -0.15) is 5.10 Å². The van der Waals surface area contributed by atoms with Crippen LogP contribution in [0.1, 0.15) is 23.4 Å². The van der Waals surface area contributed by atoms with Gasteiger partial charge >= 0.3 is 5.97 Å². The summed E-state index contributed by atoms with van der Waals surface area (Å²) < 4.78 is 0. The first-order valence-electron chi connectivity index (χ1n) is 4.25. The number of aromatic amines is 1. The van der Waals surface area contributed by atoms with Gasteiger partial charge in [-0.15, -0.1) is 0 Å². The van der Waals surface area contributed by atoms with Crippen molar-refractivity contribution in [2.24, 2.45) is 0 Å². The molecule has 5 heteroatoms. The van der Waals surface area contributed by atoms with Crippen LogP contribution in [0.25, 0.3) is 0 Å². The third kappa shape index (κ3) is 1.55. The van der Waals surface area contributed by atoms with Crippen LogP contribution in [0.4, 0.5) is 0 Å². The SMILES string of the molecule is O=C(O)CCc1n[nH]c2c1CNC2. The number of carbonyl (C=O) groups is 1. The van der Waals surface area contributed by atoms with Crippen LogP contribution in [0.2, 0.25) is 0 Å². The molecule has 5 nitrogen and oxygen atoms in total. The first kappa shape index (κ1) is 8.25. The smallest absolute Gasteiger partial charge is 0.303 e. The molecule has 2 heterocycles. The summed E-state index contributed by atoms with van der Waals surface area (Å²) in [6.07, 6.45) is 0.667. The van der Waals surface area contributed by atoms with Gasteiger partial charge in [-0.3, -0.25) is 9.89 Å². The van der Waals surface area contributed by atoms with Gasteiger partial charge in [0, 0.05) is 25.1 Å². The molecule has 0 spiro atoms. The minimum absolute atomic E-state index is 0.150. The molecule has 0 unspecified atom stereocenters. The van der Waals surface area contributed by atoms with E-state index < -0.39 is 5.97 Å². The van der Waals surface area contributed by atoms with Crippen LogP contribution in [-0.4, -0.2) is 21.3 Å². The minimum atomic E-state index is -0.775. The summed E-state index contributed by atoms with van der Waals surface area (Å²) >= 11 is 0. The molecule has 0 saturated carbocycles. The maximum absolute atomic E-state index is 10.3. The quantitative estimate of drug-likeness (QED) is 0.614. The van der Waals surface area contributed by atoms with E-state index in [-0.39, 0.29) is 6.42 Å². The normalized spacial score (nSPS) is 14.5. The Kier molecular flexibility index (Phi) is 2.02. The van der Waals surface area contributed by atoms with Gasteiger partial charge < -0.3 is 10.4 Å². The zero-order valence-electron chi connectivity index (χ0n) is 7.13. The van der Waals surface area contributed by atoms with Gasteiger partial charge in [0.1, 0.15) is 0 Å². The average molecular weight is 181 g/mol. The van der Waals surface area contributed by atoms with Crippen molar-refractivity contribution in [2.45, 2.75) is 25.9 Å². The molecule has 0 saturated heterocycles. The van der Waals surface area contributed by atoms with Crippen LogP contribution in [0, 0.1) is 0 Å². The summed E-state index contributed by atoms with van der Waals surface area (Å²) in [6.45, 7) is 1.62. The van der Waals surface area contributed by atoms with Crippen LogP contribution < -0.4 is 5.32 Å². The molecule has 13 heavy (non-hydrogen) atoms. The Morgan fingerprint density at radius 3 is 3.15 bits per heavy atom. The van der Waals surface area contributed by atoms with Gasteiger partial charge in [-0.05, 0) is 0 Å². The van der Waals surface area contributed by atoms with Gasteiger partial charge in [-0.1, -0.05) is 0 Å². The topological polar surface area (TPSA) is 78.0 Å². The van der Waals surface area contributed by atoms with Crippen molar-refractivity contribution in [1.82, 2.24) is 15.5 Å². The molecule has 0 amide bonds. The first-order chi connectivity index (χ1) is 6.27. The molecule has 1 aliphatic heterocycles. The summed E-state index contributed by atoms with van der Waals surface area (Å²) in [7, 11) is 0. The molecule has 0 aromatic carbocycles. The number of carboxylic acids is 1. The highest BCUT2D eigenvalue weighted by Gasteiger charge is 2.17. The lowest BCUT2D eigenvalue weighted by Gasteiger charge is -1.95. The molecule has 0 radical (unpaired) electrons. The van der Waals surface area contributed by atoms with Gasteiger partial charge in [0.25, 0.3) is 0 Å².